The van der Waals surface area contributed by atoms with E-state index in [0.29, 0.717) is 48.8 Å². The third-order valence-corrected chi connectivity index (χ3v) is 6.09. The number of rotatable bonds is 5. The van der Waals surface area contributed by atoms with Gasteiger partial charge < -0.3 is 28.7 Å². The maximum atomic E-state index is 12.8. The zero-order valence-corrected chi connectivity index (χ0v) is 17.9. The molecule has 166 valence electrons. The van der Waals surface area contributed by atoms with Gasteiger partial charge in [-0.3, -0.25) is 9.59 Å². The lowest BCUT2D eigenvalue weighted by Gasteiger charge is -2.37. The first-order chi connectivity index (χ1) is 15.7. The van der Waals surface area contributed by atoms with Gasteiger partial charge in [-0.25, -0.2) is 0 Å². The van der Waals surface area contributed by atoms with Crippen molar-refractivity contribution in [3.05, 3.63) is 42.6 Å². The van der Waals surface area contributed by atoms with E-state index in [1.54, 1.807) is 22.1 Å². The van der Waals surface area contributed by atoms with Gasteiger partial charge >= 0.3 is 0 Å². The van der Waals surface area contributed by atoms with Gasteiger partial charge in [-0.15, -0.1) is 10.2 Å². The van der Waals surface area contributed by atoms with Crippen LogP contribution in [0.1, 0.15) is 0 Å². The fourth-order valence-corrected chi connectivity index (χ4v) is 4.24. The van der Waals surface area contributed by atoms with Crippen molar-refractivity contribution >= 4 is 23.6 Å². The van der Waals surface area contributed by atoms with E-state index in [2.05, 4.69) is 15.2 Å². The summed E-state index contributed by atoms with van der Waals surface area (Å²) in [5.41, 5.74) is 0.729. The number of nitrogens with zero attached hydrogens (tertiary/aromatic N) is 4. The number of nitrogens with one attached hydrogen (secondary N) is 1. The van der Waals surface area contributed by atoms with Crippen LogP contribution in [0.25, 0.3) is 11.6 Å². The van der Waals surface area contributed by atoms with Crippen molar-refractivity contribution in [2.45, 2.75) is 11.3 Å². The summed E-state index contributed by atoms with van der Waals surface area (Å²) in [5.74, 6) is 1.63. The Bertz CT molecular complexity index is 1090. The number of H-pyrrole nitrogens is 1. The van der Waals surface area contributed by atoms with Crippen LogP contribution in [0.5, 0.6) is 11.5 Å². The molecule has 2 aliphatic rings. The van der Waals surface area contributed by atoms with Crippen molar-refractivity contribution < 1.29 is 23.5 Å². The summed E-state index contributed by atoms with van der Waals surface area (Å²) in [7, 11) is 0. The van der Waals surface area contributed by atoms with Crippen LogP contribution in [0, 0.1) is 0 Å². The Labute approximate surface area is 187 Å². The van der Waals surface area contributed by atoms with Crippen LogP contribution in [0.4, 0.5) is 0 Å². The molecule has 2 amide bonds. The van der Waals surface area contributed by atoms with Gasteiger partial charge in [0, 0.05) is 32.4 Å². The molecule has 1 N–H and O–H groups in total. The normalized spacial score (nSPS) is 17.9. The van der Waals surface area contributed by atoms with Crippen LogP contribution < -0.4 is 9.47 Å². The molecule has 10 nitrogen and oxygen atoms in total. The second-order valence-corrected chi connectivity index (χ2v) is 8.24. The predicted molar refractivity (Wildman–Crippen MR) is 114 cm³/mol. The Kier molecular flexibility index (Phi) is 5.71. The molecule has 11 heteroatoms. The smallest absolute Gasteiger partial charge is 0.277 e. The van der Waals surface area contributed by atoms with Gasteiger partial charge in [-0.1, -0.05) is 23.9 Å². The molecule has 1 saturated heterocycles. The Morgan fingerprint density at radius 1 is 1.03 bits per heavy atom. The van der Waals surface area contributed by atoms with Gasteiger partial charge in [0.1, 0.15) is 12.3 Å². The largest absolute Gasteiger partial charge is 0.485 e. The number of hydrogen-bond acceptors (Lipinski definition) is 8. The van der Waals surface area contributed by atoms with Crippen molar-refractivity contribution in [3.8, 4) is 23.1 Å². The predicted octanol–water partition coefficient (Wildman–Crippen LogP) is 1.67. The molecule has 3 aromatic rings. The molecule has 0 radical (unpaired) electrons. The van der Waals surface area contributed by atoms with Crippen LogP contribution >= 0.6 is 11.8 Å². The monoisotopic (exact) mass is 455 g/mol. The Morgan fingerprint density at radius 3 is 2.59 bits per heavy atom. The van der Waals surface area contributed by atoms with Gasteiger partial charge in [0.2, 0.25) is 12.0 Å². The number of piperazine rings is 1. The summed E-state index contributed by atoms with van der Waals surface area (Å²) in [4.78, 5) is 31.9. The minimum Gasteiger partial charge on any atom is -0.485 e. The maximum absolute atomic E-state index is 12.8. The number of ether oxygens (including phenoxy) is 2. The van der Waals surface area contributed by atoms with Gasteiger partial charge in [0.05, 0.1) is 5.75 Å². The zero-order chi connectivity index (χ0) is 21.9. The standard InChI is InChI=1S/C21H21N5O5S/c27-18(13-32-21-24-23-19(31-21)14-4-3-7-22-14)25-8-10-26(11-9-25)20(28)17-12-29-15-5-1-2-6-16(15)30-17/h1-7,17,22H,8-13H2/t17-/m1/s1. The highest BCUT2D eigenvalue weighted by molar-refractivity contribution is 7.99. The molecular weight excluding hydrogens is 434 g/mol. The van der Waals surface area contributed by atoms with Crippen molar-refractivity contribution in [1.82, 2.24) is 25.0 Å². The molecule has 32 heavy (non-hydrogen) atoms. The van der Waals surface area contributed by atoms with E-state index in [4.69, 9.17) is 13.9 Å². The number of thioether (sulfide) groups is 1. The first-order valence-corrected chi connectivity index (χ1v) is 11.2. The summed E-state index contributed by atoms with van der Waals surface area (Å²) in [6, 6.07) is 11.0. The lowest BCUT2D eigenvalue weighted by Crippen LogP contribution is -2.55. The molecule has 0 unspecified atom stereocenters. The van der Waals surface area contributed by atoms with Gasteiger partial charge in [-0.2, -0.15) is 0 Å². The van der Waals surface area contributed by atoms with E-state index < -0.39 is 6.10 Å². The van der Waals surface area contributed by atoms with Gasteiger partial charge in [0.25, 0.3) is 17.0 Å². The topological polar surface area (TPSA) is 114 Å². The van der Waals surface area contributed by atoms with Crippen LogP contribution in [0.15, 0.2) is 52.2 Å². The molecule has 2 aromatic heterocycles. The molecule has 4 heterocycles. The summed E-state index contributed by atoms with van der Waals surface area (Å²) in [6.45, 7) is 2.02. The first kappa shape index (κ1) is 20.4. The number of fused-ring (bicyclic) bond motifs is 1. The number of aromatic amines is 1. The Balaban J connectivity index is 1.09. The van der Waals surface area contributed by atoms with Crippen molar-refractivity contribution in [1.29, 1.82) is 0 Å². The second-order valence-electron chi connectivity index (χ2n) is 7.32. The van der Waals surface area contributed by atoms with Crippen molar-refractivity contribution in [2.24, 2.45) is 0 Å². The molecule has 1 fully saturated rings. The highest BCUT2D eigenvalue weighted by atomic mass is 32.2. The van der Waals surface area contributed by atoms with E-state index in [1.807, 2.05) is 30.3 Å². The number of hydrogen-bond donors (Lipinski definition) is 1. The molecule has 0 spiro atoms. The van der Waals surface area contributed by atoms with Crippen molar-refractivity contribution in [3.63, 3.8) is 0 Å². The average Bonchev–Trinajstić information content (AvgIpc) is 3.54. The summed E-state index contributed by atoms with van der Waals surface area (Å²) in [5, 5.41) is 8.29. The quantitative estimate of drug-likeness (QED) is 0.578. The van der Waals surface area contributed by atoms with Gasteiger partial charge in [-0.05, 0) is 24.3 Å². The van der Waals surface area contributed by atoms with E-state index in [9.17, 15) is 9.59 Å². The highest BCUT2D eigenvalue weighted by Crippen LogP contribution is 2.31. The van der Waals surface area contributed by atoms with Crippen molar-refractivity contribution in [2.75, 3.05) is 38.5 Å². The summed E-state index contributed by atoms with van der Waals surface area (Å²) < 4.78 is 17.0. The van der Waals surface area contributed by atoms with Gasteiger partial charge in [0.15, 0.2) is 11.5 Å². The molecule has 2 aliphatic heterocycles. The van der Waals surface area contributed by atoms with Crippen LogP contribution in [0.2, 0.25) is 0 Å². The van der Waals surface area contributed by atoms with Crippen LogP contribution in [-0.4, -0.2) is 81.4 Å². The molecule has 0 bridgehead atoms. The number of benzene rings is 1. The molecule has 0 aliphatic carbocycles. The van der Waals surface area contributed by atoms with E-state index in [0.717, 1.165) is 5.69 Å². The highest BCUT2D eigenvalue weighted by Gasteiger charge is 2.33. The number of carbonyl (C=O) groups excluding carboxylic acids is 2. The second kappa shape index (κ2) is 8.95. The SMILES string of the molecule is O=C(CSc1nnc(-c2ccc[nH]2)o1)N1CCN(C(=O)[C@H]2COc3ccccc3O2)CC1. The molecular formula is C21H21N5O5S. The van der Waals surface area contributed by atoms with E-state index >= 15 is 0 Å². The summed E-state index contributed by atoms with van der Waals surface area (Å²) in [6.07, 6.45) is 1.10. The van der Waals surface area contributed by atoms with E-state index in [-0.39, 0.29) is 24.2 Å². The Morgan fingerprint density at radius 2 is 1.81 bits per heavy atom. The maximum Gasteiger partial charge on any atom is 0.277 e. The third kappa shape index (κ3) is 4.28. The zero-order valence-electron chi connectivity index (χ0n) is 17.1. The summed E-state index contributed by atoms with van der Waals surface area (Å²) >= 11 is 1.20. The number of amides is 2. The fraction of sp³-hybridized carbons (Fsp3) is 0.333. The molecule has 0 saturated carbocycles. The number of para-hydroxylation sites is 2. The number of aromatic nitrogens is 3. The minimum absolute atomic E-state index is 0.0344. The average molecular weight is 455 g/mol. The lowest BCUT2D eigenvalue weighted by molar-refractivity contribution is -0.145. The number of carbonyl (C=O) groups is 2. The minimum atomic E-state index is -0.672. The molecule has 1 atom stereocenters. The molecule has 5 rings (SSSR count). The Hall–Kier alpha value is -3.47. The lowest BCUT2D eigenvalue weighted by atomic mass is 10.2. The van der Waals surface area contributed by atoms with Crippen LogP contribution in [-0.2, 0) is 9.59 Å². The third-order valence-electron chi connectivity index (χ3n) is 5.28. The fourth-order valence-electron chi connectivity index (χ4n) is 3.58. The molecule has 1 aromatic carbocycles. The van der Waals surface area contributed by atoms with Crippen LogP contribution in [0.3, 0.4) is 0 Å². The first-order valence-electron chi connectivity index (χ1n) is 10.2. The van der Waals surface area contributed by atoms with E-state index in [1.165, 1.54) is 11.8 Å².